The molecule has 0 amide bonds. The molecule has 2 nitrogen and oxygen atoms in total. The third-order valence-corrected chi connectivity index (χ3v) is 3.88. The van der Waals surface area contributed by atoms with Crippen LogP contribution in [0.5, 0.6) is 5.75 Å². The van der Waals surface area contributed by atoms with E-state index in [1.54, 1.807) is 0 Å². The summed E-state index contributed by atoms with van der Waals surface area (Å²) in [7, 11) is 0. The topological polar surface area (TPSA) is 21.3 Å². The first-order chi connectivity index (χ1) is 9.89. The van der Waals surface area contributed by atoms with E-state index in [0.29, 0.717) is 17.3 Å². The first-order valence-corrected chi connectivity index (χ1v) is 8.28. The number of rotatable bonds is 9. The molecule has 21 heavy (non-hydrogen) atoms. The minimum absolute atomic E-state index is 0.344. The summed E-state index contributed by atoms with van der Waals surface area (Å²) in [5.41, 5.74) is 0.344. The molecule has 0 aliphatic heterocycles. The van der Waals surface area contributed by atoms with E-state index in [-0.39, 0.29) is 0 Å². The van der Waals surface area contributed by atoms with Gasteiger partial charge in [0.15, 0.2) is 0 Å². The van der Waals surface area contributed by atoms with Crippen LogP contribution in [0.1, 0.15) is 47.5 Å². The van der Waals surface area contributed by atoms with E-state index in [9.17, 15) is 0 Å². The van der Waals surface area contributed by atoms with Crippen LogP contribution in [0.2, 0.25) is 0 Å². The van der Waals surface area contributed by atoms with Crippen LogP contribution < -0.4 is 10.1 Å². The highest BCUT2D eigenvalue weighted by molar-refractivity contribution is 5.20. The van der Waals surface area contributed by atoms with Crippen molar-refractivity contribution in [3.8, 4) is 5.75 Å². The van der Waals surface area contributed by atoms with Crippen LogP contribution in [0.15, 0.2) is 30.3 Å². The molecule has 1 aromatic rings. The molecule has 120 valence electrons. The maximum Gasteiger partial charge on any atom is 0.119 e. The fourth-order valence-corrected chi connectivity index (χ4v) is 2.42. The number of nitrogens with one attached hydrogen (secondary N) is 1. The van der Waals surface area contributed by atoms with Gasteiger partial charge >= 0.3 is 0 Å². The molecule has 1 N–H and O–H groups in total. The number of para-hydroxylation sites is 1. The summed E-state index contributed by atoms with van der Waals surface area (Å²) in [5.74, 6) is 2.38. The Balaban J connectivity index is 2.29. The van der Waals surface area contributed by atoms with E-state index in [4.69, 9.17) is 4.74 Å². The lowest BCUT2D eigenvalue weighted by Gasteiger charge is -2.31. The lowest BCUT2D eigenvalue weighted by atomic mass is 9.78. The number of hydrogen-bond acceptors (Lipinski definition) is 2. The van der Waals surface area contributed by atoms with Gasteiger partial charge in [-0.15, -0.1) is 0 Å². The van der Waals surface area contributed by atoms with Crippen molar-refractivity contribution in [2.24, 2.45) is 17.3 Å². The summed E-state index contributed by atoms with van der Waals surface area (Å²) < 4.78 is 5.79. The predicted molar refractivity (Wildman–Crippen MR) is 91.8 cm³/mol. The molecule has 1 rings (SSSR count). The fraction of sp³-hybridized carbons (Fsp3) is 0.684. The Kier molecular flexibility index (Phi) is 7.81. The third-order valence-electron chi connectivity index (χ3n) is 3.88. The molecule has 0 bridgehead atoms. The van der Waals surface area contributed by atoms with Crippen LogP contribution in [0.3, 0.4) is 0 Å². The average Bonchev–Trinajstić information content (AvgIpc) is 2.41. The van der Waals surface area contributed by atoms with Crippen molar-refractivity contribution < 1.29 is 4.74 Å². The molecule has 0 saturated carbocycles. The van der Waals surface area contributed by atoms with E-state index >= 15 is 0 Å². The van der Waals surface area contributed by atoms with E-state index < -0.39 is 0 Å². The van der Waals surface area contributed by atoms with Gasteiger partial charge in [0.1, 0.15) is 5.75 Å². The van der Waals surface area contributed by atoms with Crippen LogP contribution in [-0.4, -0.2) is 19.7 Å². The number of benzene rings is 1. The van der Waals surface area contributed by atoms with Gasteiger partial charge in [0.25, 0.3) is 0 Å². The first-order valence-electron chi connectivity index (χ1n) is 8.28. The van der Waals surface area contributed by atoms with Crippen molar-refractivity contribution in [1.29, 1.82) is 0 Å². The molecule has 1 unspecified atom stereocenters. The summed E-state index contributed by atoms with van der Waals surface area (Å²) in [6.45, 7) is 14.5. The first kappa shape index (κ1) is 18.0. The third kappa shape index (κ3) is 8.11. The molecular weight excluding hydrogens is 258 g/mol. The summed E-state index contributed by atoms with van der Waals surface area (Å²) >= 11 is 0. The summed E-state index contributed by atoms with van der Waals surface area (Å²) in [6, 6.07) is 10.1. The van der Waals surface area contributed by atoms with E-state index in [0.717, 1.165) is 31.9 Å². The van der Waals surface area contributed by atoms with Gasteiger partial charge in [0, 0.05) is 0 Å². The lowest BCUT2D eigenvalue weighted by molar-refractivity contribution is 0.197. The zero-order valence-corrected chi connectivity index (χ0v) is 14.5. The van der Waals surface area contributed by atoms with Gasteiger partial charge in [0.2, 0.25) is 0 Å². The molecule has 0 aromatic heterocycles. The highest BCUT2D eigenvalue weighted by Crippen LogP contribution is 2.29. The van der Waals surface area contributed by atoms with E-state index in [1.807, 2.05) is 30.3 Å². The fourth-order valence-electron chi connectivity index (χ4n) is 2.42. The molecule has 0 radical (unpaired) electrons. The largest absolute Gasteiger partial charge is 0.494 e. The lowest BCUT2D eigenvalue weighted by Crippen LogP contribution is -2.33. The molecule has 0 spiro atoms. The average molecular weight is 291 g/mol. The second kappa shape index (κ2) is 9.09. The Morgan fingerprint density at radius 2 is 1.71 bits per heavy atom. The van der Waals surface area contributed by atoms with Gasteiger partial charge in [-0.05, 0) is 55.3 Å². The van der Waals surface area contributed by atoms with Crippen molar-refractivity contribution in [3.05, 3.63) is 30.3 Å². The van der Waals surface area contributed by atoms with Crippen molar-refractivity contribution in [3.63, 3.8) is 0 Å². The number of ether oxygens (including phenoxy) is 1. The van der Waals surface area contributed by atoms with Crippen molar-refractivity contribution in [2.75, 3.05) is 19.7 Å². The highest BCUT2D eigenvalue weighted by atomic mass is 16.5. The molecule has 0 aliphatic carbocycles. The Morgan fingerprint density at radius 3 is 2.29 bits per heavy atom. The van der Waals surface area contributed by atoms with Gasteiger partial charge < -0.3 is 10.1 Å². The van der Waals surface area contributed by atoms with Crippen molar-refractivity contribution >= 4 is 0 Å². The normalized spacial score (nSPS) is 13.4. The van der Waals surface area contributed by atoms with Crippen molar-refractivity contribution in [1.82, 2.24) is 5.32 Å². The maximum atomic E-state index is 5.79. The monoisotopic (exact) mass is 291 g/mol. The van der Waals surface area contributed by atoms with Crippen molar-refractivity contribution in [2.45, 2.75) is 47.5 Å². The predicted octanol–water partition coefficient (Wildman–Crippen LogP) is 4.75. The molecule has 1 aromatic carbocycles. The van der Waals surface area contributed by atoms with Crippen LogP contribution in [-0.2, 0) is 0 Å². The molecule has 2 heteroatoms. The summed E-state index contributed by atoms with van der Waals surface area (Å²) in [6.07, 6.45) is 2.32. The minimum atomic E-state index is 0.344. The quantitative estimate of drug-likeness (QED) is 0.663. The maximum absolute atomic E-state index is 5.79. The number of hydrogen-bond donors (Lipinski definition) is 1. The summed E-state index contributed by atoms with van der Waals surface area (Å²) in [4.78, 5) is 0. The van der Waals surface area contributed by atoms with Gasteiger partial charge in [-0.1, -0.05) is 52.8 Å². The molecular formula is C19H33NO. The van der Waals surface area contributed by atoms with Crippen LogP contribution in [0, 0.1) is 17.3 Å². The van der Waals surface area contributed by atoms with E-state index in [2.05, 4.69) is 39.9 Å². The SMILES string of the molecule is CC(C)CNCC(CCCOc1ccccc1)C(C)(C)C. The second-order valence-corrected chi connectivity index (χ2v) is 7.42. The van der Waals surface area contributed by atoms with Gasteiger partial charge in [-0.3, -0.25) is 0 Å². The van der Waals surface area contributed by atoms with Crippen LogP contribution in [0.25, 0.3) is 0 Å². The molecule has 0 heterocycles. The van der Waals surface area contributed by atoms with Crippen LogP contribution >= 0.6 is 0 Å². The van der Waals surface area contributed by atoms with Crippen LogP contribution in [0.4, 0.5) is 0 Å². The summed E-state index contributed by atoms with van der Waals surface area (Å²) in [5, 5.41) is 3.61. The zero-order valence-electron chi connectivity index (χ0n) is 14.5. The zero-order chi connectivity index (χ0) is 15.7. The molecule has 1 atom stereocenters. The highest BCUT2D eigenvalue weighted by Gasteiger charge is 2.23. The van der Waals surface area contributed by atoms with E-state index in [1.165, 1.54) is 6.42 Å². The van der Waals surface area contributed by atoms with Gasteiger partial charge in [-0.2, -0.15) is 0 Å². The molecule has 0 saturated heterocycles. The second-order valence-electron chi connectivity index (χ2n) is 7.42. The Morgan fingerprint density at radius 1 is 1.05 bits per heavy atom. The molecule has 0 fully saturated rings. The standard InChI is InChI=1S/C19H33NO/c1-16(2)14-20-15-17(19(3,4)5)10-9-13-21-18-11-7-6-8-12-18/h6-8,11-12,16-17,20H,9-10,13-15H2,1-5H3. The molecule has 0 aliphatic rings. The smallest absolute Gasteiger partial charge is 0.119 e. The van der Waals surface area contributed by atoms with Gasteiger partial charge in [0.05, 0.1) is 6.61 Å². The Bertz CT molecular complexity index is 367. The Hall–Kier alpha value is -1.02. The van der Waals surface area contributed by atoms with Gasteiger partial charge in [-0.25, -0.2) is 0 Å². The Labute approximate surface area is 131 Å². The minimum Gasteiger partial charge on any atom is -0.494 e.